The molecule has 1 aromatic rings. The summed E-state index contributed by atoms with van der Waals surface area (Å²) < 4.78 is 0. The molecule has 15 heavy (non-hydrogen) atoms. The van der Waals surface area contributed by atoms with Crippen LogP contribution in [0.15, 0.2) is 24.3 Å². The Kier molecular flexibility index (Phi) is 3.22. The van der Waals surface area contributed by atoms with E-state index in [1.54, 1.807) is 0 Å². The summed E-state index contributed by atoms with van der Waals surface area (Å²) in [6.45, 7) is 0. The van der Waals surface area contributed by atoms with Gasteiger partial charge in [-0.1, -0.05) is 18.2 Å². The summed E-state index contributed by atoms with van der Waals surface area (Å²) in [4.78, 5) is 0. The second-order valence-corrected chi connectivity index (χ2v) is 5.44. The Morgan fingerprint density at radius 2 is 1.93 bits per heavy atom. The molecule has 0 aliphatic carbocycles. The Bertz CT molecular complexity index is 334. The Hall–Kier alpha value is -0.670. The van der Waals surface area contributed by atoms with Gasteiger partial charge in [-0.15, -0.1) is 0 Å². The van der Waals surface area contributed by atoms with E-state index in [1.165, 1.54) is 0 Å². The van der Waals surface area contributed by atoms with Crippen molar-refractivity contribution >= 4 is 17.4 Å². The molecule has 0 saturated carbocycles. The summed E-state index contributed by atoms with van der Waals surface area (Å²) in [5, 5.41) is 10.4. The minimum Gasteiger partial charge on any atom is -0.399 e. The third-order valence-corrected chi connectivity index (χ3v) is 3.98. The maximum atomic E-state index is 10.4. The molecule has 82 valence electrons. The largest absolute Gasteiger partial charge is 0.399 e. The molecule has 1 saturated heterocycles. The fourth-order valence-corrected chi connectivity index (χ4v) is 3.23. The van der Waals surface area contributed by atoms with Crippen LogP contribution < -0.4 is 5.73 Å². The van der Waals surface area contributed by atoms with Crippen LogP contribution in [-0.2, 0) is 6.42 Å². The standard InChI is InChI=1S/C12H17NOS/c13-11-4-2-1-3-10(11)9-12(14)5-7-15-8-6-12/h1-4,14H,5-9,13H2. The predicted molar refractivity (Wildman–Crippen MR) is 66.1 cm³/mol. The van der Waals surface area contributed by atoms with Crippen LogP contribution in [0.5, 0.6) is 0 Å². The van der Waals surface area contributed by atoms with E-state index < -0.39 is 5.60 Å². The van der Waals surface area contributed by atoms with Crippen molar-refractivity contribution in [2.24, 2.45) is 0 Å². The highest BCUT2D eigenvalue weighted by Gasteiger charge is 2.29. The fourth-order valence-electron chi connectivity index (χ4n) is 1.98. The Morgan fingerprint density at radius 1 is 1.27 bits per heavy atom. The van der Waals surface area contributed by atoms with Crippen molar-refractivity contribution in [2.75, 3.05) is 17.2 Å². The number of thioether (sulfide) groups is 1. The average molecular weight is 223 g/mol. The zero-order chi connectivity index (χ0) is 10.7. The van der Waals surface area contributed by atoms with Gasteiger partial charge in [-0.3, -0.25) is 0 Å². The second kappa shape index (κ2) is 4.45. The topological polar surface area (TPSA) is 46.2 Å². The van der Waals surface area contributed by atoms with Gasteiger partial charge in [0.05, 0.1) is 5.60 Å². The van der Waals surface area contributed by atoms with Crippen molar-refractivity contribution in [1.29, 1.82) is 0 Å². The number of benzene rings is 1. The number of aliphatic hydroxyl groups is 1. The van der Waals surface area contributed by atoms with E-state index in [-0.39, 0.29) is 0 Å². The normalized spacial score (nSPS) is 20.1. The molecule has 1 heterocycles. The minimum atomic E-state index is -0.527. The lowest BCUT2D eigenvalue weighted by molar-refractivity contribution is 0.0325. The van der Waals surface area contributed by atoms with Gasteiger partial charge < -0.3 is 10.8 Å². The maximum Gasteiger partial charge on any atom is 0.0704 e. The van der Waals surface area contributed by atoms with Crippen LogP contribution in [0.3, 0.4) is 0 Å². The third-order valence-electron chi connectivity index (χ3n) is 3.00. The van der Waals surface area contributed by atoms with Crippen molar-refractivity contribution in [2.45, 2.75) is 24.9 Å². The summed E-state index contributed by atoms with van der Waals surface area (Å²) in [5.74, 6) is 2.12. The SMILES string of the molecule is Nc1ccccc1CC1(O)CCSCC1. The third kappa shape index (κ3) is 2.67. The van der Waals surface area contributed by atoms with E-state index >= 15 is 0 Å². The highest BCUT2D eigenvalue weighted by molar-refractivity contribution is 7.99. The van der Waals surface area contributed by atoms with Gasteiger partial charge in [0.15, 0.2) is 0 Å². The summed E-state index contributed by atoms with van der Waals surface area (Å²) in [6, 6.07) is 7.82. The fraction of sp³-hybridized carbons (Fsp3) is 0.500. The van der Waals surface area contributed by atoms with E-state index in [4.69, 9.17) is 5.73 Å². The van der Waals surface area contributed by atoms with E-state index in [0.29, 0.717) is 6.42 Å². The summed E-state index contributed by atoms with van der Waals surface area (Å²) in [5.41, 5.74) is 7.22. The maximum absolute atomic E-state index is 10.4. The van der Waals surface area contributed by atoms with Gasteiger partial charge in [-0.05, 0) is 36.0 Å². The number of para-hydroxylation sites is 1. The lowest BCUT2D eigenvalue weighted by atomic mass is 9.88. The van der Waals surface area contributed by atoms with Crippen LogP contribution in [0.25, 0.3) is 0 Å². The van der Waals surface area contributed by atoms with Gasteiger partial charge in [0.2, 0.25) is 0 Å². The highest BCUT2D eigenvalue weighted by Crippen LogP contribution is 2.31. The van der Waals surface area contributed by atoms with Crippen LogP contribution in [0.1, 0.15) is 18.4 Å². The number of hydrogen-bond donors (Lipinski definition) is 2. The second-order valence-electron chi connectivity index (χ2n) is 4.21. The smallest absolute Gasteiger partial charge is 0.0704 e. The van der Waals surface area contributed by atoms with Gasteiger partial charge in [0.1, 0.15) is 0 Å². The molecule has 0 atom stereocenters. The first-order valence-corrected chi connectivity index (χ1v) is 6.49. The Labute approximate surface area is 94.9 Å². The van der Waals surface area contributed by atoms with E-state index in [1.807, 2.05) is 36.0 Å². The van der Waals surface area contributed by atoms with Crippen LogP contribution >= 0.6 is 11.8 Å². The van der Waals surface area contributed by atoms with Crippen LogP contribution in [0.4, 0.5) is 5.69 Å². The molecule has 0 amide bonds. The summed E-state index contributed by atoms with van der Waals surface area (Å²) >= 11 is 1.92. The molecule has 1 aromatic carbocycles. The predicted octanol–water partition coefficient (Wildman–Crippen LogP) is 2.07. The first kappa shape index (κ1) is 10.8. The molecule has 1 aliphatic heterocycles. The number of nitrogens with two attached hydrogens (primary N) is 1. The molecule has 1 fully saturated rings. The van der Waals surface area contributed by atoms with Gasteiger partial charge in [-0.25, -0.2) is 0 Å². The zero-order valence-corrected chi connectivity index (χ0v) is 9.59. The average Bonchev–Trinajstić information content (AvgIpc) is 2.22. The highest BCUT2D eigenvalue weighted by atomic mass is 32.2. The molecule has 2 nitrogen and oxygen atoms in total. The molecule has 0 bridgehead atoms. The van der Waals surface area contributed by atoms with Crippen molar-refractivity contribution < 1.29 is 5.11 Å². The van der Waals surface area contributed by atoms with Gasteiger partial charge in [-0.2, -0.15) is 11.8 Å². The van der Waals surface area contributed by atoms with Gasteiger partial charge in [0, 0.05) is 12.1 Å². The molecule has 3 N–H and O–H groups in total. The lowest BCUT2D eigenvalue weighted by Crippen LogP contribution is -2.35. The van der Waals surface area contributed by atoms with E-state index in [2.05, 4.69) is 0 Å². The monoisotopic (exact) mass is 223 g/mol. The molecule has 0 unspecified atom stereocenters. The molecule has 0 aromatic heterocycles. The molecule has 0 radical (unpaired) electrons. The van der Waals surface area contributed by atoms with Crippen LogP contribution in [0, 0.1) is 0 Å². The quantitative estimate of drug-likeness (QED) is 0.754. The first-order chi connectivity index (χ1) is 7.20. The summed E-state index contributed by atoms with van der Waals surface area (Å²) in [7, 11) is 0. The molecule has 1 aliphatic rings. The van der Waals surface area contributed by atoms with Gasteiger partial charge >= 0.3 is 0 Å². The van der Waals surface area contributed by atoms with Crippen LogP contribution in [-0.4, -0.2) is 22.2 Å². The minimum absolute atomic E-state index is 0.527. The van der Waals surface area contributed by atoms with E-state index in [0.717, 1.165) is 35.6 Å². The Morgan fingerprint density at radius 3 is 2.60 bits per heavy atom. The first-order valence-electron chi connectivity index (χ1n) is 5.33. The lowest BCUT2D eigenvalue weighted by Gasteiger charge is -2.32. The van der Waals surface area contributed by atoms with Crippen LogP contribution in [0.2, 0.25) is 0 Å². The number of anilines is 1. The molecule has 0 spiro atoms. The Balaban J connectivity index is 2.10. The van der Waals surface area contributed by atoms with Crippen molar-refractivity contribution in [3.63, 3.8) is 0 Å². The summed E-state index contributed by atoms with van der Waals surface area (Å²) in [6.07, 6.45) is 2.46. The zero-order valence-electron chi connectivity index (χ0n) is 8.78. The van der Waals surface area contributed by atoms with Crippen molar-refractivity contribution in [1.82, 2.24) is 0 Å². The molecular weight excluding hydrogens is 206 g/mol. The molecular formula is C12H17NOS. The van der Waals surface area contributed by atoms with E-state index in [9.17, 15) is 5.11 Å². The van der Waals surface area contributed by atoms with Crippen molar-refractivity contribution in [3.8, 4) is 0 Å². The number of rotatable bonds is 2. The molecule has 2 rings (SSSR count). The number of hydrogen-bond acceptors (Lipinski definition) is 3. The number of nitrogen functional groups attached to an aromatic ring is 1. The molecule has 3 heteroatoms. The van der Waals surface area contributed by atoms with Crippen molar-refractivity contribution in [3.05, 3.63) is 29.8 Å². The van der Waals surface area contributed by atoms with Gasteiger partial charge in [0.25, 0.3) is 0 Å².